The SMILES string of the molecule is COc1ccc(OC)c(NCCC(=O)NCCc2ccccc2F)c1. The molecule has 0 fully saturated rings. The molecule has 1 amide bonds. The average molecular weight is 346 g/mol. The molecule has 25 heavy (non-hydrogen) atoms. The fourth-order valence-electron chi connectivity index (χ4n) is 2.39. The number of anilines is 1. The average Bonchev–Trinajstić information content (AvgIpc) is 2.63. The zero-order chi connectivity index (χ0) is 18.1. The zero-order valence-corrected chi connectivity index (χ0v) is 14.5. The van der Waals surface area contributed by atoms with Gasteiger partial charge in [-0.3, -0.25) is 4.79 Å². The van der Waals surface area contributed by atoms with E-state index < -0.39 is 0 Å². The Hall–Kier alpha value is -2.76. The number of benzene rings is 2. The van der Waals surface area contributed by atoms with E-state index in [1.165, 1.54) is 6.07 Å². The van der Waals surface area contributed by atoms with Gasteiger partial charge in [0, 0.05) is 25.6 Å². The summed E-state index contributed by atoms with van der Waals surface area (Å²) in [7, 11) is 3.18. The lowest BCUT2D eigenvalue weighted by Gasteiger charge is -2.12. The van der Waals surface area contributed by atoms with Crippen molar-refractivity contribution in [3.63, 3.8) is 0 Å². The van der Waals surface area contributed by atoms with E-state index >= 15 is 0 Å². The first-order valence-corrected chi connectivity index (χ1v) is 8.10. The van der Waals surface area contributed by atoms with Gasteiger partial charge in [-0.1, -0.05) is 18.2 Å². The number of carbonyl (C=O) groups is 1. The number of hydrogen-bond acceptors (Lipinski definition) is 4. The monoisotopic (exact) mass is 346 g/mol. The molecule has 6 heteroatoms. The quantitative estimate of drug-likeness (QED) is 0.733. The highest BCUT2D eigenvalue weighted by Gasteiger charge is 2.07. The number of methoxy groups -OCH3 is 2. The third-order valence-electron chi connectivity index (χ3n) is 3.75. The maximum absolute atomic E-state index is 13.5. The van der Waals surface area contributed by atoms with Crippen molar-refractivity contribution in [2.45, 2.75) is 12.8 Å². The second-order valence-corrected chi connectivity index (χ2v) is 5.43. The van der Waals surface area contributed by atoms with Crippen LogP contribution in [0.4, 0.5) is 10.1 Å². The van der Waals surface area contributed by atoms with Gasteiger partial charge in [0.05, 0.1) is 19.9 Å². The van der Waals surface area contributed by atoms with Gasteiger partial charge >= 0.3 is 0 Å². The molecule has 0 saturated heterocycles. The number of amides is 1. The van der Waals surface area contributed by atoms with E-state index in [9.17, 15) is 9.18 Å². The fourth-order valence-corrected chi connectivity index (χ4v) is 2.39. The maximum atomic E-state index is 13.5. The highest BCUT2D eigenvalue weighted by atomic mass is 19.1. The van der Waals surface area contributed by atoms with Crippen LogP contribution in [0.5, 0.6) is 11.5 Å². The highest BCUT2D eigenvalue weighted by Crippen LogP contribution is 2.28. The lowest BCUT2D eigenvalue weighted by Crippen LogP contribution is -2.27. The Kier molecular flexibility index (Phi) is 7.07. The first-order chi connectivity index (χ1) is 12.1. The minimum Gasteiger partial charge on any atom is -0.497 e. The van der Waals surface area contributed by atoms with E-state index in [0.717, 1.165) is 5.69 Å². The van der Waals surface area contributed by atoms with E-state index in [4.69, 9.17) is 9.47 Å². The standard InChI is InChI=1S/C19H23FN2O3/c1-24-15-7-8-18(25-2)17(13-15)21-12-10-19(23)22-11-9-14-5-3-4-6-16(14)20/h3-8,13,21H,9-12H2,1-2H3,(H,22,23). The molecule has 5 nitrogen and oxygen atoms in total. The molecule has 0 saturated carbocycles. The summed E-state index contributed by atoms with van der Waals surface area (Å²) in [6.45, 7) is 0.858. The molecule has 0 aliphatic carbocycles. The Labute approximate surface area is 147 Å². The Morgan fingerprint density at radius 1 is 1.08 bits per heavy atom. The van der Waals surface area contributed by atoms with E-state index in [1.54, 1.807) is 44.6 Å². The van der Waals surface area contributed by atoms with Crippen molar-refractivity contribution in [2.75, 3.05) is 32.6 Å². The van der Waals surface area contributed by atoms with Gasteiger partial charge in [0.2, 0.25) is 5.91 Å². The van der Waals surface area contributed by atoms with Crippen molar-refractivity contribution in [3.8, 4) is 11.5 Å². The third kappa shape index (κ3) is 5.67. The van der Waals surface area contributed by atoms with Gasteiger partial charge in [0.15, 0.2) is 0 Å². The summed E-state index contributed by atoms with van der Waals surface area (Å²) in [6.07, 6.45) is 0.771. The van der Waals surface area contributed by atoms with Crippen LogP contribution in [-0.2, 0) is 11.2 Å². The summed E-state index contributed by atoms with van der Waals surface area (Å²) in [5.41, 5.74) is 1.36. The second kappa shape index (κ2) is 9.52. The molecular formula is C19H23FN2O3. The number of nitrogens with one attached hydrogen (secondary N) is 2. The predicted octanol–water partition coefficient (Wildman–Crippen LogP) is 3.00. The van der Waals surface area contributed by atoms with Gasteiger partial charge < -0.3 is 20.1 Å². The van der Waals surface area contributed by atoms with Crippen molar-refractivity contribution < 1.29 is 18.7 Å². The number of carbonyl (C=O) groups excluding carboxylic acids is 1. The Morgan fingerprint density at radius 2 is 1.88 bits per heavy atom. The third-order valence-corrected chi connectivity index (χ3v) is 3.75. The van der Waals surface area contributed by atoms with Gasteiger partial charge in [0.25, 0.3) is 0 Å². The first kappa shape index (κ1) is 18.6. The normalized spacial score (nSPS) is 10.2. The smallest absolute Gasteiger partial charge is 0.221 e. The predicted molar refractivity (Wildman–Crippen MR) is 95.8 cm³/mol. The van der Waals surface area contributed by atoms with E-state index in [2.05, 4.69) is 10.6 Å². The van der Waals surface area contributed by atoms with Crippen molar-refractivity contribution in [3.05, 3.63) is 53.8 Å². The minimum absolute atomic E-state index is 0.0919. The molecule has 0 spiro atoms. The molecule has 2 aromatic rings. The molecule has 0 radical (unpaired) electrons. The van der Waals surface area contributed by atoms with Gasteiger partial charge in [-0.05, 0) is 30.2 Å². The minimum atomic E-state index is -0.247. The van der Waals surface area contributed by atoms with Gasteiger partial charge in [-0.15, -0.1) is 0 Å². The van der Waals surface area contributed by atoms with Crippen molar-refractivity contribution in [1.29, 1.82) is 0 Å². The zero-order valence-electron chi connectivity index (χ0n) is 14.5. The Bertz CT molecular complexity index is 707. The molecule has 2 aromatic carbocycles. The second-order valence-electron chi connectivity index (χ2n) is 5.43. The van der Waals surface area contributed by atoms with Crippen molar-refractivity contribution in [2.24, 2.45) is 0 Å². The fraction of sp³-hybridized carbons (Fsp3) is 0.316. The molecule has 0 heterocycles. The number of halogens is 1. The van der Waals surface area contributed by atoms with Gasteiger partial charge in [-0.25, -0.2) is 4.39 Å². The molecule has 0 aromatic heterocycles. The van der Waals surface area contributed by atoms with Crippen LogP contribution < -0.4 is 20.1 Å². The number of ether oxygens (including phenoxy) is 2. The number of rotatable bonds is 9. The summed E-state index contributed by atoms with van der Waals surface area (Å²) in [4.78, 5) is 11.9. The van der Waals surface area contributed by atoms with Gasteiger partial charge in [0.1, 0.15) is 17.3 Å². The van der Waals surface area contributed by atoms with Crippen LogP contribution in [0.25, 0.3) is 0 Å². The van der Waals surface area contributed by atoms with Crippen molar-refractivity contribution in [1.82, 2.24) is 5.32 Å². The maximum Gasteiger partial charge on any atom is 0.221 e. The molecule has 0 bridgehead atoms. The Morgan fingerprint density at radius 3 is 2.60 bits per heavy atom. The molecule has 0 aliphatic rings. The van der Waals surface area contributed by atoms with Crippen LogP contribution in [0.15, 0.2) is 42.5 Å². The van der Waals surface area contributed by atoms with Crippen LogP contribution in [0.1, 0.15) is 12.0 Å². The van der Waals surface area contributed by atoms with Crippen LogP contribution in [0.3, 0.4) is 0 Å². The lowest BCUT2D eigenvalue weighted by atomic mass is 10.1. The summed E-state index contributed by atoms with van der Waals surface area (Å²) >= 11 is 0. The lowest BCUT2D eigenvalue weighted by molar-refractivity contribution is -0.120. The summed E-state index contributed by atoms with van der Waals surface area (Å²) in [6, 6.07) is 12.0. The Balaban J connectivity index is 1.74. The molecule has 134 valence electrons. The topological polar surface area (TPSA) is 59.6 Å². The number of hydrogen-bond donors (Lipinski definition) is 2. The molecule has 0 aliphatic heterocycles. The largest absolute Gasteiger partial charge is 0.497 e. The summed E-state index contributed by atoms with van der Waals surface area (Å²) < 4.78 is 23.9. The molecule has 2 rings (SSSR count). The van der Waals surface area contributed by atoms with E-state index in [-0.39, 0.29) is 11.7 Å². The van der Waals surface area contributed by atoms with E-state index in [0.29, 0.717) is 43.0 Å². The van der Waals surface area contributed by atoms with Crippen LogP contribution in [0.2, 0.25) is 0 Å². The van der Waals surface area contributed by atoms with Crippen LogP contribution in [-0.4, -0.2) is 33.2 Å². The van der Waals surface area contributed by atoms with Crippen molar-refractivity contribution >= 4 is 11.6 Å². The summed E-state index contributed by atoms with van der Waals surface area (Å²) in [5.74, 6) is 1.05. The van der Waals surface area contributed by atoms with Crippen LogP contribution >= 0.6 is 0 Å². The first-order valence-electron chi connectivity index (χ1n) is 8.10. The molecule has 2 N–H and O–H groups in total. The molecular weight excluding hydrogens is 323 g/mol. The molecule has 0 atom stereocenters. The van der Waals surface area contributed by atoms with Crippen LogP contribution in [0, 0.1) is 5.82 Å². The highest BCUT2D eigenvalue weighted by molar-refractivity contribution is 5.76. The molecule has 0 unspecified atom stereocenters. The summed E-state index contributed by atoms with van der Waals surface area (Å²) in [5, 5.41) is 5.96. The van der Waals surface area contributed by atoms with E-state index in [1.807, 2.05) is 6.07 Å². The van der Waals surface area contributed by atoms with Gasteiger partial charge in [-0.2, -0.15) is 0 Å².